The Kier molecular flexibility index (Phi) is 4.18. The minimum absolute atomic E-state index is 0.140. The number of nitrogens with two attached hydrogens (primary N) is 1. The van der Waals surface area contributed by atoms with Crippen molar-refractivity contribution in [1.82, 2.24) is 4.90 Å². The Bertz CT molecular complexity index is 173. The number of ether oxygens (including phenoxy) is 1. The van der Waals surface area contributed by atoms with Crippen molar-refractivity contribution in [3.63, 3.8) is 0 Å². The largest absolute Gasteiger partial charge is 0.469 e. The van der Waals surface area contributed by atoms with Crippen LogP contribution in [0.3, 0.4) is 0 Å². The van der Waals surface area contributed by atoms with Gasteiger partial charge in [-0.3, -0.25) is 4.79 Å². The van der Waals surface area contributed by atoms with Gasteiger partial charge in [0, 0.05) is 19.1 Å². The number of piperidine rings is 1. The molecular weight excluding hydrogens is 168 g/mol. The predicted molar refractivity (Wildman–Crippen MR) is 50.3 cm³/mol. The van der Waals surface area contributed by atoms with Crippen LogP contribution in [-0.2, 0) is 9.53 Å². The Morgan fingerprint density at radius 2 is 2.46 bits per heavy atom. The van der Waals surface area contributed by atoms with E-state index in [0.717, 1.165) is 32.5 Å². The van der Waals surface area contributed by atoms with E-state index in [1.165, 1.54) is 7.11 Å². The normalized spacial score (nSPS) is 24.3. The molecule has 4 nitrogen and oxygen atoms in total. The SMILES string of the molecule is COC(=O)CCN1CCC[C@@H](N)C1. The minimum atomic E-state index is -0.140. The van der Waals surface area contributed by atoms with E-state index in [0.29, 0.717) is 6.42 Å². The zero-order valence-electron chi connectivity index (χ0n) is 8.16. The highest BCUT2D eigenvalue weighted by Crippen LogP contribution is 2.08. The third-order valence-electron chi connectivity index (χ3n) is 2.40. The molecule has 0 bridgehead atoms. The second-order valence-corrected chi connectivity index (χ2v) is 3.53. The van der Waals surface area contributed by atoms with Gasteiger partial charge in [0.2, 0.25) is 0 Å². The van der Waals surface area contributed by atoms with Crippen LogP contribution in [0.4, 0.5) is 0 Å². The molecule has 0 spiro atoms. The molecule has 0 saturated carbocycles. The van der Waals surface area contributed by atoms with Crippen LogP contribution in [-0.4, -0.2) is 43.7 Å². The lowest BCUT2D eigenvalue weighted by Crippen LogP contribution is -2.43. The van der Waals surface area contributed by atoms with Gasteiger partial charge >= 0.3 is 5.97 Å². The van der Waals surface area contributed by atoms with Crippen molar-refractivity contribution in [2.24, 2.45) is 5.73 Å². The summed E-state index contributed by atoms with van der Waals surface area (Å²) >= 11 is 0. The summed E-state index contributed by atoms with van der Waals surface area (Å²) in [5.41, 5.74) is 5.81. The molecule has 1 rings (SSSR count). The fraction of sp³-hybridized carbons (Fsp3) is 0.889. The monoisotopic (exact) mass is 186 g/mol. The summed E-state index contributed by atoms with van der Waals surface area (Å²) in [7, 11) is 1.42. The van der Waals surface area contributed by atoms with E-state index in [4.69, 9.17) is 5.73 Å². The first-order valence-corrected chi connectivity index (χ1v) is 4.77. The summed E-state index contributed by atoms with van der Waals surface area (Å²) in [6.07, 6.45) is 2.72. The molecule has 0 radical (unpaired) electrons. The van der Waals surface area contributed by atoms with E-state index >= 15 is 0 Å². The number of carbonyl (C=O) groups excluding carboxylic acids is 1. The van der Waals surface area contributed by atoms with Gasteiger partial charge < -0.3 is 15.4 Å². The van der Waals surface area contributed by atoms with Crippen LogP contribution in [0.2, 0.25) is 0 Å². The number of hydrogen-bond acceptors (Lipinski definition) is 4. The van der Waals surface area contributed by atoms with Gasteiger partial charge in [0.25, 0.3) is 0 Å². The molecule has 1 aliphatic rings. The molecule has 0 aromatic heterocycles. The third-order valence-corrected chi connectivity index (χ3v) is 2.40. The summed E-state index contributed by atoms with van der Waals surface area (Å²) in [6, 6.07) is 0.284. The van der Waals surface area contributed by atoms with Gasteiger partial charge in [0.15, 0.2) is 0 Å². The highest BCUT2D eigenvalue weighted by atomic mass is 16.5. The number of rotatable bonds is 3. The van der Waals surface area contributed by atoms with Crippen molar-refractivity contribution in [3.05, 3.63) is 0 Å². The van der Waals surface area contributed by atoms with E-state index in [2.05, 4.69) is 9.64 Å². The summed E-state index contributed by atoms with van der Waals surface area (Å²) in [5.74, 6) is -0.140. The number of methoxy groups -OCH3 is 1. The zero-order valence-corrected chi connectivity index (χ0v) is 8.16. The van der Waals surface area contributed by atoms with Crippen molar-refractivity contribution in [2.75, 3.05) is 26.7 Å². The van der Waals surface area contributed by atoms with Crippen molar-refractivity contribution in [2.45, 2.75) is 25.3 Å². The second kappa shape index (κ2) is 5.19. The Morgan fingerprint density at radius 1 is 1.69 bits per heavy atom. The van der Waals surface area contributed by atoms with Gasteiger partial charge in [0.1, 0.15) is 0 Å². The van der Waals surface area contributed by atoms with Crippen LogP contribution in [0.1, 0.15) is 19.3 Å². The first kappa shape index (κ1) is 10.5. The smallest absolute Gasteiger partial charge is 0.306 e. The molecule has 2 N–H and O–H groups in total. The number of carbonyl (C=O) groups is 1. The Morgan fingerprint density at radius 3 is 3.08 bits per heavy atom. The molecule has 0 unspecified atom stereocenters. The predicted octanol–water partition coefficient (Wildman–Crippen LogP) is -0.0274. The molecule has 0 aromatic carbocycles. The lowest BCUT2D eigenvalue weighted by Gasteiger charge is -2.30. The molecule has 13 heavy (non-hydrogen) atoms. The number of likely N-dealkylation sites (tertiary alicyclic amines) is 1. The maximum Gasteiger partial charge on any atom is 0.306 e. The molecule has 0 aliphatic carbocycles. The molecular formula is C9H18N2O2. The fourth-order valence-corrected chi connectivity index (χ4v) is 1.65. The second-order valence-electron chi connectivity index (χ2n) is 3.53. The van der Waals surface area contributed by atoms with E-state index in [9.17, 15) is 4.79 Å². The van der Waals surface area contributed by atoms with Gasteiger partial charge in [-0.2, -0.15) is 0 Å². The van der Waals surface area contributed by atoms with E-state index in [1.54, 1.807) is 0 Å². The van der Waals surface area contributed by atoms with Crippen molar-refractivity contribution in [3.8, 4) is 0 Å². The van der Waals surface area contributed by atoms with E-state index in [1.807, 2.05) is 0 Å². The summed E-state index contributed by atoms with van der Waals surface area (Å²) in [5, 5.41) is 0. The molecule has 76 valence electrons. The quantitative estimate of drug-likeness (QED) is 0.629. The third kappa shape index (κ3) is 3.74. The van der Waals surface area contributed by atoms with Gasteiger partial charge in [-0.15, -0.1) is 0 Å². The number of esters is 1. The first-order chi connectivity index (χ1) is 6.22. The Balaban J connectivity index is 2.17. The molecule has 1 fully saturated rings. The van der Waals surface area contributed by atoms with Gasteiger partial charge in [-0.1, -0.05) is 0 Å². The zero-order chi connectivity index (χ0) is 9.68. The van der Waals surface area contributed by atoms with Gasteiger partial charge in [-0.25, -0.2) is 0 Å². The minimum Gasteiger partial charge on any atom is -0.469 e. The highest BCUT2D eigenvalue weighted by Gasteiger charge is 2.16. The molecule has 1 saturated heterocycles. The number of hydrogen-bond donors (Lipinski definition) is 1. The Hall–Kier alpha value is -0.610. The summed E-state index contributed by atoms with van der Waals surface area (Å²) in [4.78, 5) is 13.1. The van der Waals surface area contributed by atoms with Crippen molar-refractivity contribution >= 4 is 5.97 Å². The Labute approximate surface area is 79.0 Å². The molecule has 1 atom stereocenters. The summed E-state index contributed by atoms with van der Waals surface area (Å²) in [6.45, 7) is 2.75. The van der Waals surface area contributed by atoms with E-state index < -0.39 is 0 Å². The van der Waals surface area contributed by atoms with Crippen LogP contribution < -0.4 is 5.73 Å². The van der Waals surface area contributed by atoms with Crippen LogP contribution >= 0.6 is 0 Å². The van der Waals surface area contributed by atoms with Crippen LogP contribution in [0.25, 0.3) is 0 Å². The van der Waals surface area contributed by atoms with Gasteiger partial charge in [0.05, 0.1) is 13.5 Å². The van der Waals surface area contributed by atoms with Crippen LogP contribution in [0, 0.1) is 0 Å². The fourth-order valence-electron chi connectivity index (χ4n) is 1.65. The topological polar surface area (TPSA) is 55.6 Å². The van der Waals surface area contributed by atoms with Crippen LogP contribution in [0.15, 0.2) is 0 Å². The van der Waals surface area contributed by atoms with Crippen molar-refractivity contribution in [1.29, 1.82) is 0 Å². The van der Waals surface area contributed by atoms with Crippen molar-refractivity contribution < 1.29 is 9.53 Å². The maximum absolute atomic E-state index is 10.9. The maximum atomic E-state index is 10.9. The number of nitrogens with zero attached hydrogens (tertiary/aromatic N) is 1. The van der Waals surface area contributed by atoms with E-state index in [-0.39, 0.29) is 12.0 Å². The lowest BCUT2D eigenvalue weighted by molar-refractivity contribution is -0.141. The molecule has 1 heterocycles. The van der Waals surface area contributed by atoms with Crippen LogP contribution in [0.5, 0.6) is 0 Å². The molecule has 4 heteroatoms. The van der Waals surface area contributed by atoms with Gasteiger partial charge in [-0.05, 0) is 19.4 Å². The first-order valence-electron chi connectivity index (χ1n) is 4.77. The average Bonchev–Trinajstić information content (AvgIpc) is 2.14. The molecule has 0 aromatic rings. The molecule has 0 amide bonds. The lowest BCUT2D eigenvalue weighted by atomic mass is 10.1. The highest BCUT2D eigenvalue weighted by molar-refractivity contribution is 5.69. The molecule has 1 aliphatic heterocycles. The standard InChI is InChI=1S/C9H18N2O2/c1-13-9(12)4-6-11-5-2-3-8(10)7-11/h8H,2-7,10H2,1H3/t8-/m1/s1. The average molecular weight is 186 g/mol. The summed E-state index contributed by atoms with van der Waals surface area (Å²) < 4.78 is 4.57.